The summed E-state index contributed by atoms with van der Waals surface area (Å²) in [6.07, 6.45) is 6.56. The molecule has 2 rings (SSSR count). The molecule has 0 aliphatic rings. The van der Waals surface area contributed by atoms with Gasteiger partial charge in [0.2, 0.25) is 0 Å². The maximum Gasteiger partial charge on any atom is 0.0992 e. The van der Waals surface area contributed by atoms with E-state index in [-0.39, 0.29) is 0 Å². The zero-order chi connectivity index (χ0) is 11.4. The average molecular weight is 280 g/mol. The summed E-state index contributed by atoms with van der Waals surface area (Å²) in [5, 5.41) is 3.15. The Bertz CT molecular complexity index is 451. The van der Waals surface area contributed by atoms with Gasteiger partial charge in [-0.2, -0.15) is 0 Å². The van der Waals surface area contributed by atoms with Crippen molar-refractivity contribution in [1.82, 2.24) is 14.9 Å². The lowest BCUT2D eigenvalue weighted by molar-refractivity contribution is 0.791. The normalized spacial score (nSPS) is 10.6. The maximum atomic E-state index is 4.04. The lowest BCUT2D eigenvalue weighted by atomic mass is 10.1. The standard InChI is InChI=1S/C12H14BrN3/c1-14-5-4-10-2-3-12(11(13)8-10)16-7-6-15-9-16/h2-3,6-9,14H,4-5H2,1H3. The Balaban J connectivity index is 2.23. The SMILES string of the molecule is CNCCc1ccc(-n2ccnc2)c(Br)c1. The molecule has 0 fully saturated rings. The van der Waals surface area contributed by atoms with Gasteiger partial charge in [-0.3, -0.25) is 0 Å². The summed E-state index contributed by atoms with van der Waals surface area (Å²) >= 11 is 3.59. The lowest BCUT2D eigenvalue weighted by Crippen LogP contribution is -2.10. The first-order chi connectivity index (χ1) is 7.81. The molecular formula is C12H14BrN3. The van der Waals surface area contributed by atoms with Gasteiger partial charge >= 0.3 is 0 Å². The van der Waals surface area contributed by atoms with E-state index in [4.69, 9.17) is 0 Å². The first-order valence-corrected chi connectivity index (χ1v) is 6.02. The van der Waals surface area contributed by atoms with Crippen LogP contribution in [0.25, 0.3) is 5.69 Å². The lowest BCUT2D eigenvalue weighted by Gasteiger charge is -2.07. The van der Waals surface area contributed by atoms with Gasteiger partial charge in [0.1, 0.15) is 0 Å². The van der Waals surface area contributed by atoms with Crippen LogP contribution in [0.3, 0.4) is 0 Å². The molecule has 0 bridgehead atoms. The van der Waals surface area contributed by atoms with Crippen molar-refractivity contribution in [2.24, 2.45) is 0 Å². The fraction of sp³-hybridized carbons (Fsp3) is 0.250. The summed E-state index contributed by atoms with van der Waals surface area (Å²) in [7, 11) is 1.97. The van der Waals surface area contributed by atoms with Crippen molar-refractivity contribution in [3.63, 3.8) is 0 Å². The van der Waals surface area contributed by atoms with Crippen LogP contribution in [-0.2, 0) is 6.42 Å². The van der Waals surface area contributed by atoms with Gasteiger partial charge in [-0.05, 0) is 53.6 Å². The highest BCUT2D eigenvalue weighted by Crippen LogP contribution is 2.22. The van der Waals surface area contributed by atoms with Crippen LogP contribution in [0.15, 0.2) is 41.4 Å². The molecule has 0 saturated carbocycles. The number of benzene rings is 1. The number of likely N-dealkylation sites (N-methyl/N-ethyl adjacent to an activating group) is 1. The maximum absolute atomic E-state index is 4.04. The van der Waals surface area contributed by atoms with Crippen molar-refractivity contribution in [3.8, 4) is 5.69 Å². The van der Waals surface area contributed by atoms with E-state index in [1.807, 2.05) is 17.8 Å². The number of imidazole rings is 1. The number of nitrogens with one attached hydrogen (secondary N) is 1. The van der Waals surface area contributed by atoms with E-state index in [1.165, 1.54) is 5.56 Å². The first kappa shape index (κ1) is 11.4. The Morgan fingerprint density at radius 1 is 1.44 bits per heavy atom. The molecule has 4 heteroatoms. The van der Waals surface area contributed by atoms with Crippen LogP contribution >= 0.6 is 15.9 Å². The molecule has 1 aromatic carbocycles. The van der Waals surface area contributed by atoms with Crippen LogP contribution in [0.5, 0.6) is 0 Å². The third-order valence-electron chi connectivity index (χ3n) is 2.46. The van der Waals surface area contributed by atoms with Gasteiger partial charge < -0.3 is 9.88 Å². The van der Waals surface area contributed by atoms with Crippen LogP contribution in [-0.4, -0.2) is 23.1 Å². The van der Waals surface area contributed by atoms with E-state index >= 15 is 0 Å². The zero-order valence-corrected chi connectivity index (χ0v) is 10.7. The third-order valence-corrected chi connectivity index (χ3v) is 3.09. The minimum absolute atomic E-state index is 0.997. The molecule has 1 N–H and O–H groups in total. The van der Waals surface area contributed by atoms with Crippen molar-refractivity contribution in [2.45, 2.75) is 6.42 Å². The van der Waals surface area contributed by atoms with E-state index < -0.39 is 0 Å². The molecule has 0 radical (unpaired) electrons. The van der Waals surface area contributed by atoms with Crippen molar-refractivity contribution < 1.29 is 0 Å². The van der Waals surface area contributed by atoms with Gasteiger partial charge in [0.25, 0.3) is 0 Å². The molecule has 0 aliphatic carbocycles. The fourth-order valence-corrected chi connectivity index (χ4v) is 2.22. The molecular weight excluding hydrogens is 266 g/mol. The van der Waals surface area contributed by atoms with E-state index in [0.29, 0.717) is 0 Å². The first-order valence-electron chi connectivity index (χ1n) is 5.22. The van der Waals surface area contributed by atoms with Gasteiger partial charge in [0.15, 0.2) is 0 Å². The second-order valence-corrected chi connectivity index (χ2v) is 4.46. The van der Waals surface area contributed by atoms with Crippen LogP contribution in [0.4, 0.5) is 0 Å². The van der Waals surface area contributed by atoms with E-state index in [1.54, 1.807) is 12.5 Å². The van der Waals surface area contributed by atoms with Gasteiger partial charge in [0, 0.05) is 16.9 Å². The van der Waals surface area contributed by atoms with Crippen LogP contribution in [0.1, 0.15) is 5.56 Å². The Morgan fingerprint density at radius 2 is 2.31 bits per heavy atom. The average Bonchev–Trinajstić information content (AvgIpc) is 2.80. The topological polar surface area (TPSA) is 29.9 Å². The monoisotopic (exact) mass is 279 g/mol. The molecule has 0 saturated heterocycles. The number of nitrogens with zero attached hydrogens (tertiary/aromatic N) is 2. The zero-order valence-electron chi connectivity index (χ0n) is 9.15. The number of rotatable bonds is 4. The predicted molar refractivity (Wildman–Crippen MR) is 68.9 cm³/mol. The van der Waals surface area contributed by atoms with Gasteiger partial charge in [0.05, 0.1) is 12.0 Å². The molecule has 0 unspecified atom stereocenters. The molecule has 3 nitrogen and oxygen atoms in total. The summed E-state index contributed by atoms with van der Waals surface area (Å²) < 4.78 is 3.09. The molecule has 1 aromatic heterocycles. The summed E-state index contributed by atoms with van der Waals surface area (Å²) in [6.45, 7) is 0.997. The Kier molecular flexibility index (Phi) is 3.74. The summed E-state index contributed by atoms with van der Waals surface area (Å²) in [5.41, 5.74) is 2.44. The predicted octanol–water partition coefficient (Wildman–Crippen LogP) is 2.40. The molecule has 0 spiro atoms. The van der Waals surface area contributed by atoms with E-state index in [0.717, 1.165) is 23.1 Å². The number of halogens is 1. The number of hydrogen-bond donors (Lipinski definition) is 1. The van der Waals surface area contributed by atoms with Gasteiger partial charge in [-0.15, -0.1) is 0 Å². The summed E-state index contributed by atoms with van der Waals surface area (Å²) in [5.74, 6) is 0. The van der Waals surface area contributed by atoms with E-state index in [2.05, 4.69) is 44.4 Å². The minimum Gasteiger partial charge on any atom is -0.319 e. The third kappa shape index (κ3) is 2.51. The molecule has 0 amide bonds. The van der Waals surface area contributed by atoms with Crippen LogP contribution in [0.2, 0.25) is 0 Å². The molecule has 0 atom stereocenters. The summed E-state index contributed by atoms with van der Waals surface area (Å²) in [4.78, 5) is 4.04. The van der Waals surface area contributed by atoms with Crippen LogP contribution < -0.4 is 5.32 Å². The Labute approximate surface area is 104 Å². The quantitative estimate of drug-likeness (QED) is 0.932. The highest BCUT2D eigenvalue weighted by molar-refractivity contribution is 9.10. The van der Waals surface area contributed by atoms with Gasteiger partial charge in [-0.25, -0.2) is 4.98 Å². The molecule has 2 aromatic rings. The summed E-state index contributed by atoms with van der Waals surface area (Å²) in [6, 6.07) is 6.42. The molecule has 1 heterocycles. The minimum atomic E-state index is 0.997. The highest BCUT2D eigenvalue weighted by atomic mass is 79.9. The highest BCUT2D eigenvalue weighted by Gasteiger charge is 2.02. The molecule has 0 aliphatic heterocycles. The van der Waals surface area contributed by atoms with Gasteiger partial charge in [-0.1, -0.05) is 6.07 Å². The van der Waals surface area contributed by atoms with Crippen molar-refractivity contribution in [2.75, 3.05) is 13.6 Å². The number of hydrogen-bond acceptors (Lipinski definition) is 2. The molecule has 84 valence electrons. The fourth-order valence-electron chi connectivity index (χ4n) is 1.59. The molecule has 16 heavy (non-hydrogen) atoms. The van der Waals surface area contributed by atoms with E-state index in [9.17, 15) is 0 Å². The number of aromatic nitrogens is 2. The van der Waals surface area contributed by atoms with Crippen molar-refractivity contribution >= 4 is 15.9 Å². The Morgan fingerprint density at radius 3 is 2.94 bits per heavy atom. The largest absolute Gasteiger partial charge is 0.319 e. The second-order valence-electron chi connectivity index (χ2n) is 3.61. The van der Waals surface area contributed by atoms with Crippen molar-refractivity contribution in [1.29, 1.82) is 0 Å². The van der Waals surface area contributed by atoms with Crippen molar-refractivity contribution in [3.05, 3.63) is 47.0 Å². The Hall–Kier alpha value is -1.13. The second kappa shape index (κ2) is 5.27. The van der Waals surface area contributed by atoms with Crippen LogP contribution in [0, 0.1) is 0 Å². The smallest absolute Gasteiger partial charge is 0.0992 e.